The number of hydrogen-bond acceptors (Lipinski definition) is 7. The first-order valence-electron chi connectivity index (χ1n) is 10.9. The molecule has 0 aliphatic rings. The molecule has 0 saturated heterocycles. The van der Waals surface area contributed by atoms with Gasteiger partial charge in [0.15, 0.2) is 0 Å². The van der Waals surface area contributed by atoms with E-state index in [4.69, 9.17) is 21.1 Å². The SMILES string of the molecule is CC(C)(c1ccc(OC[C@H](O)Cn2nnc(I)c2CO)cc1)c1ccc(OC[C@@H](O)CCl)c(I)c1. The normalized spacial score (nSPS) is 13.5. The lowest BCUT2D eigenvalue weighted by Crippen LogP contribution is -2.25. The fourth-order valence-electron chi connectivity index (χ4n) is 3.42. The second kappa shape index (κ2) is 12.9. The van der Waals surface area contributed by atoms with Crippen molar-refractivity contribution in [3.8, 4) is 11.5 Å². The lowest BCUT2D eigenvalue weighted by molar-refractivity contribution is 0.0866. The van der Waals surface area contributed by atoms with E-state index in [9.17, 15) is 15.3 Å². The maximum atomic E-state index is 10.3. The minimum Gasteiger partial charge on any atom is -0.491 e. The summed E-state index contributed by atoms with van der Waals surface area (Å²) in [5.41, 5.74) is 2.53. The van der Waals surface area contributed by atoms with Crippen molar-refractivity contribution in [3.05, 3.63) is 66.6 Å². The van der Waals surface area contributed by atoms with Gasteiger partial charge in [0, 0.05) is 5.41 Å². The van der Waals surface area contributed by atoms with Crippen molar-refractivity contribution in [2.45, 2.75) is 44.6 Å². The highest BCUT2D eigenvalue weighted by Crippen LogP contribution is 2.35. The molecule has 0 bridgehead atoms. The first-order chi connectivity index (χ1) is 16.6. The highest BCUT2D eigenvalue weighted by molar-refractivity contribution is 14.1. The van der Waals surface area contributed by atoms with Crippen LogP contribution < -0.4 is 9.47 Å². The van der Waals surface area contributed by atoms with Crippen LogP contribution in [0.15, 0.2) is 42.5 Å². The summed E-state index contributed by atoms with van der Waals surface area (Å²) in [6.07, 6.45) is -1.50. The number of aromatic nitrogens is 3. The Kier molecular flexibility index (Phi) is 10.4. The predicted molar refractivity (Wildman–Crippen MR) is 150 cm³/mol. The van der Waals surface area contributed by atoms with Gasteiger partial charge in [-0.05, 0) is 80.6 Å². The van der Waals surface area contributed by atoms with Crippen LogP contribution in [0.25, 0.3) is 0 Å². The number of halogens is 3. The fraction of sp³-hybridized carbons (Fsp3) is 0.417. The van der Waals surface area contributed by atoms with E-state index in [1.165, 1.54) is 4.68 Å². The number of nitrogens with zero attached hydrogens (tertiary/aromatic N) is 3. The van der Waals surface area contributed by atoms with Crippen LogP contribution in [-0.4, -0.2) is 61.6 Å². The molecule has 0 aliphatic carbocycles. The molecule has 8 nitrogen and oxygen atoms in total. The molecule has 0 fully saturated rings. The molecule has 2 atom stereocenters. The van der Waals surface area contributed by atoms with Gasteiger partial charge in [0.1, 0.15) is 40.6 Å². The van der Waals surface area contributed by atoms with Gasteiger partial charge in [0.25, 0.3) is 0 Å². The van der Waals surface area contributed by atoms with Crippen molar-refractivity contribution in [3.63, 3.8) is 0 Å². The van der Waals surface area contributed by atoms with Crippen molar-refractivity contribution < 1.29 is 24.8 Å². The first kappa shape index (κ1) is 28.4. The van der Waals surface area contributed by atoms with Gasteiger partial charge in [0.2, 0.25) is 0 Å². The number of benzene rings is 2. The monoisotopic (exact) mass is 727 g/mol. The summed E-state index contributed by atoms with van der Waals surface area (Å²) in [5, 5.41) is 37.2. The molecule has 35 heavy (non-hydrogen) atoms. The van der Waals surface area contributed by atoms with Gasteiger partial charge in [0.05, 0.1) is 28.3 Å². The van der Waals surface area contributed by atoms with Crippen LogP contribution in [-0.2, 0) is 18.6 Å². The van der Waals surface area contributed by atoms with Gasteiger partial charge in [-0.25, -0.2) is 4.68 Å². The second-order valence-corrected chi connectivity index (χ2v) is 11.0. The summed E-state index contributed by atoms with van der Waals surface area (Å²) in [4.78, 5) is 0. The first-order valence-corrected chi connectivity index (χ1v) is 13.6. The summed E-state index contributed by atoms with van der Waals surface area (Å²) in [7, 11) is 0. The second-order valence-electron chi connectivity index (χ2n) is 8.55. The summed E-state index contributed by atoms with van der Waals surface area (Å²) >= 11 is 9.86. The predicted octanol–water partition coefficient (Wildman–Crippen LogP) is 3.72. The number of aliphatic hydroxyl groups excluding tert-OH is 3. The molecule has 0 unspecified atom stereocenters. The van der Waals surface area contributed by atoms with E-state index in [0.717, 1.165) is 14.7 Å². The summed E-state index contributed by atoms with van der Waals surface area (Å²) < 4.78 is 14.5. The maximum Gasteiger partial charge on any atom is 0.149 e. The average Bonchev–Trinajstić information content (AvgIpc) is 3.20. The quantitative estimate of drug-likeness (QED) is 0.193. The lowest BCUT2D eigenvalue weighted by Gasteiger charge is -2.27. The molecule has 3 aromatic rings. The van der Waals surface area contributed by atoms with E-state index >= 15 is 0 Å². The molecule has 0 aliphatic heterocycles. The highest BCUT2D eigenvalue weighted by Gasteiger charge is 2.24. The average molecular weight is 728 g/mol. The third-order valence-corrected chi connectivity index (χ3v) is 7.64. The fourth-order valence-corrected chi connectivity index (χ4v) is 4.73. The van der Waals surface area contributed by atoms with Crippen LogP contribution in [0, 0.1) is 7.27 Å². The van der Waals surface area contributed by atoms with E-state index in [0.29, 0.717) is 20.9 Å². The molecule has 0 saturated carbocycles. The number of alkyl halides is 1. The minimum absolute atomic E-state index is 0.0854. The Labute approximate surface area is 236 Å². The Hall–Kier alpha value is -1.19. The topological polar surface area (TPSA) is 110 Å². The van der Waals surface area contributed by atoms with Crippen LogP contribution in [0.3, 0.4) is 0 Å². The smallest absolute Gasteiger partial charge is 0.149 e. The molecule has 1 aromatic heterocycles. The van der Waals surface area contributed by atoms with Crippen molar-refractivity contribution in [2.24, 2.45) is 0 Å². The molecule has 11 heteroatoms. The van der Waals surface area contributed by atoms with E-state index in [2.05, 4.69) is 52.8 Å². The Morgan fingerprint density at radius 3 is 2.29 bits per heavy atom. The molecule has 0 radical (unpaired) electrons. The van der Waals surface area contributed by atoms with Gasteiger partial charge in [-0.1, -0.05) is 37.3 Å². The molecule has 2 aromatic carbocycles. The summed E-state index contributed by atoms with van der Waals surface area (Å²) in [5.74, 6) is 1.49. The van der Waals surface area contributed by atoms with Crippen LogP contribution in [0.5, 0.6) is 11.5 Å². The highest BCUT2D eigenvalue weighted by atomic mass is 127. The molecular weight excluding hydrogens is 700 g/mol. The van der Waals surface area contributed by atoms with Gasteiger partial charge in [-0.2, -0.15) is 0 Å². The molecule has 1 heterocycles. The van der Waals surface area contributed by atoms with E-state index < -0.39 is 12.2 Å². The van der Waals surface area contributed by atoms with Crippen LogP contribution >= 0.6 is 56.8 Å². The largest absolute Gasteiger partial charge is 0.491 e. The molecule has 190 valence electrons. The zero-order valence-electron chi connectivity index (χ0n) is 19.4. The summed E-state index contributed by atoms with van der Waals surface area (Å²) in [6, 6.07) is 13.8. The van der Waals surface area contributed by atoms with Crippen LogP contribution in [0.1, 0.15) is 30.7 Å². The zero-order chi connectivity index (χ0) is 25.6. The molecule has 3 rings (SSSR count). The summed E-state index contributed by atoms with van der Waals surface area (Å²) in [6.45, 7) is 4.52. The minimum atomic E-state index is -0.803. The number of hydrogen-bond donors (Lipinski definition) is 3. The molecule has 3 N–H and O–H groups in total. The Morgan fingerprint density at radius 2 is 1.66 bits per heavy atom. The molecule has 0 spiro atoms. The van der Waals surface area contributed by atoms with Gasteiger partial charge in [-0.15, -0.1) is 16.7 Å². The van der Waals surface area contributed by atoms with Crippen molar-refractivity contribution in [2.75, 3.05) is 19.1 Å². The number of ether oxygens (including phenoxy) is 2. The molecule has 0 amide bonds. The van der Waals surface area contributed by atoms with Gasteiger partial charge in [-0.3, -0.25) is 0 Å². The van der Waals surface area contributed by atoms with Crippen LogP contribution in [0.4, 0.5) is 0 Å². The number of rotatable bonds is 12. The standard InChI is InChI=1S/C24H28ClI2N3O5/c1-24(2,16-5-8-22(20(26)9-16)35-13-17(32)10-25)15-3-6-19(7-4-15)34-14-18(33)11-30-21(12-31)23(27)28-29-30/h3-9,17-18,31-33H,10-14H2,1-2H3/t17-,18+/m0/s1. The van der Waals surface area contributed by atoms with Crippen molar-refractivity contribution in [1.29, 1.82) is 0 Å². The third-order valence-electron chi connectivity index (χ3n) is 5.60. The zero-order valence-corrected chi connectivity index (χ0v) is 24.4. The van der Waals surface area contributed by atoms with E-state index in [-0.39, 0.29) is 37.7 Å². The van der Waals surface area contributed by atoms with E-state index in [1.54, 1.807) is 0 Å². The van der Waals surface area contributed by atoms with Gasteiger partial charge < -0.3 is 24.8 Å². The maximum absolute atomic E-state index is 10.3. The van der Waals surface area contributed by atoms with E-state index in [1.807, 2.05) is 59.0 Å². The Bertz CT molecular complexity index is 1110. The van der Waals surface area contributed by atoms with Crippen molar-refractivity contribution in [1.82, 2.24) is 15.0 Å². The third kappa shape index (κ3) is 7.41. The number of aliphatic hydroxyl groups is 3. The van der Waals surface area contributed by atoms with Crippen molar-refractivity contribution >= 4 is 56.8 Å². The molecular formula is C24H28ClI2N3O5. The Balaban J connectivity index is 1.61. The Morgan fingerprint density at radius 1 is 1.00 bits per heavy atom. The van der Waals surface area contributed by atoms with Gasteiger partial charge >= 0.3 is 0 Å². The van der Waals surface area contributed by atoms with Crippen LogP contribution in [0.2, 0.25) is 0 Å². The lowest BCUT2D eigenvalue weighted by atomic mass is 9.78.